The van der Waals surface area contributed by atoms with Crippen LogP contribution in [-0.2, 0) is 14.3 Å². The Morgan fingerprint density at radius 1 is 1.20 bits per heavy atom. The number of hydrogen-bond acceptors (Lipinski definition) is 5. The summed E-state index contributed by atoms with van der Waals surface area (Å²) < 4.78 is 10.5. The second-order valence-electron chi connectivity index (χ2n) is 6.38. The Morgan fingerprint density at radius 2 is 1.92 bits per heavy atom. The van der Waals surface area contributed by atoms with Crippen molar-refractivity contribution in [3.63, 3.8) is 0 Å². The van der Waals surface area contributed by atoms with Gasteiger partial charge in [0.15, 0.2) is 0 Å². The van der Waals surface area contributed by atoms with E-state index in [4.69, 9.17) is 9.47 Å². The van der Waals surface area contributed by atoms with E-state index in [1.165, 1.54) is 0 Å². The van der Waals surface area contributed by atoms with Crippen molar-refractivity contribution in [1.29, 1.82) is 0 Å². The number of methoxy groups -OCH3 is 1. The number of ether oxygens (including phenoxy) is 2. The van der Waals surface area contributed by atoms with Crippen LogP contribution in [0, 0.1) is 11.8 Å². The molecule has 0 aromatic heterocycles. The quantitative estimate of drug-likeness (QED) is 0.760. The largest absolute Gasteiger partial charge is 0.495 e. The molecule has 7 heteroatoms. The van der Waals surface area contributed by atoms with Gasteiger partial charge in [0.2, 0.25) is 11.8 Å². The summed E-state index contributed by atoms with van der Waals surface area (Å²) in [5.74, 6) is -0.0260. The van der Waals surface area contributed by atoms with E-state index >= 15 is 0 Å². The fraction of sp³-hybridized carbons (Fsp3) is 0.556. The van der Waals surface area contributed by atoms with Crippen molar-refractivity contribution in [1.82, 2.24) is 10.2 Å². The predicted octanol–water partition coefficient (Wildman–Crippen LogP) is 0.718. The number of rotatable bonds is 7. The van der Waals surface area contributed by atoms with Gasteiger partial charge in [0.25, 0.3) is 0 Å². The summed E-state index contributed by atoms with van der Waals surface area (Å²) in [5, 5.41) is 5.79. The van der Waals surface area contributed by atoms with Gasteiger partial charge < -0.3 is 20.1 Å². The molecule has 2 aliphatic rings. The average molecular weight is 347 g/mol. The zero-order valence-electron chi connectivity index (χ0n) is 14.5. The Morgan fingerprint density at radius 3 is 2.68 bits per heavy atom. The van der Waals surface area contributed by atoms with Gasteiger partial charge in [-0.05, 0) is 18.6 Å². The first-order chi connectivity index (χ1) is 12.2. The SMILES string of the molecule is COc1ccccc1NC(=O)C1CC1C(=O)NCCN1CCOCC1. The van der Waals surface area contributed by atoms with Crippen LogP contribution in [0.25, 0.3) is 0 Å². The van der Waals surface area contributed by atoms with Crippen molar-refractivity contribution in [3.05, 3.63) is 24.3 Å². The smallest absolute Gasteiger partial charge is 0.228 e. The van der Waals surface area contributed by atoms with E-state index in [0.717, 1.165) is 32.8 Å². The molecular formula is C18H25N3O4. The summed E-state index contributed by atoms with van der Waals surface area (Å²) in [6.45, 7) is 4.74. The molecule has 2 atom stereocenters. The lowest BCUT2D eigenvalue weighted by atomic mass is 10.2. The van der Waals surface area contributed by atoms with Gasteiger partial charge >= 0.3 is 0 Å². The number of hydrogen-bond donors (Lipinski definition) is 2. The van der Waals surface area contributed by atoms with Crippen molar-refractivity contribution in [2.24, 2.45) is 11.8 Å². The van der Waals surface area contributed by atoms with E-state index in [9.17, 15) is 9.59 Å². The summed E-state index contributed by atoms with van der Waals surface area (Å²) in [4.78, 5) is 26.8. The highest BCUT2D eigenvalue weighted by Crippen LogP contribution is 2.40. The first kappa shape index (κ1) is 17.7. The molecule has 2 N–H and O–H groups in total. The van der Waals surface area contributed by atoms with Crippen LogP contribution in [0.1, 0.15) is 6.42 Å². The van der Waals surface area contributed by atoms with Crippen LogP contribution in [0.15, 0.2) is 24.3 Å². The Bertz CT molecular complexity index is 616. The molecule has 0 radical (unpaired) electrons. The van der Waals surface area contributed by atoms with Crippen molar-refractivity contribution < 1.29 is 19.1 Å². The van der Waals surface area contributed by atoms with Gasteiger partial charge in [-0.25, -0.2) is 0 Å². The summed E-state index contributed by atoms with van der Waals surface area (Å²) in [6, 6.07) is 7.26. The minimum atomic E-state index is -0.256. The summed E-state index contributed by atoms with van der Waals surface area (Å²) in [7, 11) is 1.56. The molecule has 1 saturated carbocycles. The Hall–Kier alpha value is -2.12. The number of para-hydroxylation sites is 2. The van der Waals surface area contributed by atoms with Gasteiger partial charge in [-0.15, -0.1) is 0 Å². The monoisotopic (exact) mass is 347 g/mol. The third-order valence-corrected chi connectivity index (χ3v) is 4.66. The summed E-state index contributed by atoms with van der Waals surface area (Å²) in [6.07, 6.45) is 0.602. The van der Waals surface area contributed by atoms with E-state index in [0.29, 0.717) is 24.4 Å². The van der Waals surface area contributed by atoms with Crippen LogP contribution in [0.5, 0.6) is 5.75 Å². The van der Waals surface area contributed by atoms with E-state index in [-0.39, 0.29) is 23.7 Å². The molecule has 3 rings (SSSR count). The van der Waals surface area contributed by atoms with Gasteiger partial charge in [0.05, 0.1) is 37.8 Å². The highest BCUT2D eigenvalue weighted by atomic mass is 16.5. The van der Waals surface area contributed by atoms with Crippen LogP contribution in [0.2, 0.25) is 0 Å². The van der Waals surface area contributed by atoms with E-state index in [1.54, 1.807) is 19.2 Å². The first-order valence-electron chi connectivity index (χ1n) is 8.70. The lowest BCUT2D eigenvalue weighted by molar-refractivity contribution is -0.125. The Labute approximate surface area is 147 Å². The number of amides is 2. The molecular weight excluding hydrogens is 322 g/mol. The molecule has 1 aliphatic carbocycles. The van der Waals surface area contributed by atoms with Gasteiger partial charge in [0, 0.05) is 26.2 Å². The maximum absolute atomic E-state index is 12.3. The highest BCUT2D eigenvalue weighted by Gasteiger charge is 2.48. The fourth-order valence-corrected chi connectivity index (χ4v) is 3.04. The normalized spacial score (nSPS) is 22.9. The van der Waals surface area contributed by atoms with Crippen LogP contribution >= 0.6 is 0 Å². The zero-order chi connectivity index (χ0) is 17.6. The standard InChI is InChI=1S/C18H25N3O4/c1-24-16-5-3-2-4-15(16)20-18(23)14-12-13(14)17(22)19-6-7-21-8-10-25-11-9-21/h2-5,13-14H,6-12H2,1H3,(H,19,22)(H,20,23). The molecule has 0 bridgehead atoms. The molecule has 1 heterocycles. The molecule has 1 aliphatic heterocycles. The predicted molar refractivity (Wildman–Crippen MR) is 93.5 cm³/mol. The molecule has 136 valence electrons. The van der Waals surface area contributed by atoms with Gasteiger partial charge in [-0.3, -0.25) is 14.5 Å². The third kappa shape index (κ3) is 4.70. The van der Waals surface area contributed by atoms with E-state index in [2.05, 4.69) is 15.5 Å². The van der Waals surface area contributed by atoms with Gasteiger partial charge in [-0.1, -0.05) is 12.1 Å². The van der Waals surface area contributed by atoms with Crippen LogP contribution in [0.4, 0.5) is 5.69 Å². The Balaban J connectivity index is 1.40. The number of carbonyl (C=O) groups excluding carboxylic acids is 2. The molecule has 2 unspecified atom stereocenters. The topological polar surface area (TPSA) is 79.9 Å². The van der Waals surface area contributed by atoms with Crippen molar-refractivity contribution in [3.8, 4) is 5.75 Å². The minimum Gasteiger partial charge on any atom is -0.495 e. The molecule has 1 aromatic rings. The molecule has 25 heavy (non-hydrogen) atoms. The lowest BCUT2D eigenvalue weighted by Gasteiger charge is -2.26. The molecule has 2 fully saturated rings. The number of benzene rings is 1. The molecule has 2 amide bonds. The number of carbonyl (C=O) groups is 2. The molecule has 1 aromatic carbocycles. The first-order valence-corrected chi connectivity index (χ1v) is 8.70. The minimum absolute atomic E-state index is 0.0339. The lowest BCUT2D eigenvalue weighted by Crippen LogP contribution is -2.41. The van der Waals surface area contributed by atoms with E-state index < -0.39 is 0 Å². The third-order valence-electron chi connectivity index (χ3n) is 4.66. The van der Waals surface area contributed by atoms with Crippen molar-refractivity contribution in [2.45, 2.75) is 6.42 Å². The maximum Gasteiger partial charge on any atom is 0.228 e. The second-order valence-corrected chi connectivity index (χ2v) is 6.38. The van der Waals surface area contributed by atoms with Crippen molar-refractivity contribution >= 4 is 17.5 Å². The Kier molecular flexibility index (Phi) is 5.88. The molecule has 1 saturated heterocycles. The second kappa shape index (κ2) is 8.31. The van der Waals surface area contributed by atoms with Crippen LogP contribution in [0.3, 0.4) is 0 Å². The van der Waals surface area contributed by atoms with Crippen LogP contribution < -0.4 is 15.4 Å². The average Bonchev–Trinajstić information content (AvgIpc) is 3.44. The highest BCUT2D eigenvalue weighted by molar-refractivity contribution is 6.00. The van der Waals surface area contributed by atoms with Gasteiger partial charge in [0.1, 0.15) is 5.75 Å². The zero-order valence-corrected chi connectivity index (χ0v) is 14.5. The van der Waals surface area contributed by atoms with Crippen molar-refractivity contribution in [2.75, 3.05) is 51.8 Å². The number of anilines is 1. The summed E-state index contributed by atoms with van der Waals surface area (Å²) in [5.41, 5.74) is 0.633. The number of morpholine rings is 1. The summed E-state index contributed by atoms with van der Waals surface area (Å²) >= 11 is 0. The van der Waals surface area contributed by atoms with E-state index in [1.807, 2.05) is 12.1 Å². The molecule has 0 spiro atoms. The van der Waals surface area contributed by atoms with Gasteiger partial charge in [-0.2, -0.15) is 0 Å². The van der Waals surface area contributed by atoms with Crippen LogP contribution in [-0.4, -0.2) is 63.2 Å². The fourth-order valence-electron chi connectivity index (χ4n) is 3.04. The number of nitrogens with zero attached hydrogens (tertiary/aromatic N) is 1. The molecule has 7 nitrogen and oxygen atoms in total. The maximum atomic E-state index is 12.3. The number of nitrogens with one attached hydrogen (secondary N) is 2.